The molecule has 1 heterocycles. The van der Waals surface area contributed by atoms with Gasteiger partial charge in [-0.15, -0.1) is 0 Å². The summed E-state index contributed by atoms with van der Waals surface area (Å²) < 4.78 is 0. The van der Waals surface area contributed by atoms with E-state index in [2.05, 4.69) is 25.9 Å². The monoisotopic (exact) mass is 396 g/mol. The molecule has 0 bridgehead atoms. The van der Waals surface area contributed by atoms with Gasteiger partial charge in [0, 0.05) is 18.3 Å². The van der Waals surface area contributed by atoms with Gasteiger partial charge in [0.1, 0.15) is 18.6 Å². The van der Waals surface area contributed by atoms with E-state index in [1.165, 1.54) is 19.4 Å². The van der Waals surface area contributed by atoms with Crippen LogP contribution < -0.4 is 21.7 Å². The molecule has 0 aromatic carbocycles. The van der Waals surface area contributed by atoms with Crippen LogP contribution in [0.15, 0.2) is 12.5 Å². The lowest BCUT2D eigenvalue weighted by atomic mass is 9.97. The van der Waals surface area contributed by atoms with Gasteiger partial charge in [-0.25, -0.2) is 4.98 Å². The lowest BCUT2D eigenvalue weighted by Crippen LogP contribution is -2.58. The van der Waals surface area contributed by atoms with Crippen molar-refractivity contribution >= 4 is 23.7 Å². The number of carbonyl (C=O) groups excluding carboxylic acids is 3. The number of aromatic amines is 1. The molecule has 0 aliphatic heterocycles. The molecule has 4 unspecified atom stereocenters. The molecule has 28 heavy (non-hydrogen) atoms. The van der Waals surface area contributed by atoms with E-state index in [1.807, 2.05) is 6.92 Å². The average molecular weight is 396 g/mol. The number of imidazole rings is 1. The van der Waals surface area contributed by atoms with Gasteiger partial charge in [-0.2, -0.15) is 0 Å². The molecule has 0 saturated heterocycles. The maximum atomic E-state index is 12.8. The summed E-state index contributed by atoms with van der Waals surface area (Å²) in [5.41, 5.74) is 6.14. The van der Waals surface area contributed by atoms with Gasteiger partial charge in [0.05, 0.1) is 12.4 Å². The van der Waals surface area contributed by atoms with Crippen molar-refractivity contribution in [1.29, 1.82) is 0 Å². The van der Waals surface area contributed by atoms with Crippen molar-refractivity contribution in [2.45, 2.75) is 51.7 Å². The minimum Gasteiger partial charge on any atom is -0.480 e. The fourth-order valence-electron chi connectivity index (χ4n) is 2.36. The Labute approximate surface area is 162 Å². The van der Waals surface area contributed by atoms with Crippen LogP contribution in [0.5, 0.6) is 0 Å². The third-order valence-corrected chi connectivity index (χ3v) is 4.23. The standard InChI is InChI=1S/C17H28N6O5/c1-4-9(2)14(23-15(26)10(3)18)17(28)22-12(5-11-6-19-8-21-11)16(27)20-7-13(24)25/h6,8-10,12,14H,4-5,7,18H2,1-3H3,(H,19,21)(H,20,27)(H,22,28)(H,23,26)(H,24,25). The molecule has 4 atom stereocenters. The Kier molecular flexibility index (Phi) is 9.09. The van der Waals surface area contributed by atoms with Crippen LogP contribution in [-0.4, -0.2) is 63.4 Å². The van der Waals surface area contributed by atoms with Crippen LogP contribution in [-0.2, 0) is 25.6 Å². The van der Waals surface area contributed by atoms with E-state index in [-0.39, 0.29) is 12.3 Å². The molecule has 0 aliphatic rings. The molecule has 11 heteroatoms. The van der Waals surface area contributed by atoms with E-state index < -0.39 is 48.4 Å². The van der Waals surface area contributed by atoms with Gasteiger partial charge in [-0.3, -0.25) is 19.2 Å². The second kappa shape index (κ2) is 11.0. The Morgan fingerprint density at radius 2 is 1.86 bits per heavy atom. The second-order valence-corrected chi connectivity index (χ2v) is 6.61. The maximum Gasteiger partial charge on any atom is 0.322 e. The fraction of sp³-hybridized carbons (Fsp3) is 0.588. The molecule has 11 nitrogen and oxygen atoms in total. The van der Waals surface area contributed by atoms with E-state index in [9.17, 15) is 19.2 Å². The molecule has 3 amide bonds. The average Bonchev–Trinajstić information content (AvgIpc) is 3.15. The van der Waals surface area contributed by atoms with Crippen molar-refractivity contribution in [3.8, 4) is 0 Å². The van der Waals surface area contributed by atoms with Crippen LogP contribution in [0.25, 0.3) is 0 Å². The summed E-state index contributed by atoms with van der Waals surface area (Å²) >= 11 is 0. The van der Waals surface area contributed by atoms with E-state index in [4.69, 9.17) is 10.8 Å². The van der Waals surface area contributed by atoms with Gasteiger partial charge in [0.2, 0.25) is 17.7 Å². The zero-order valence-electron chi connectivity index (χ0n) is 16.2. The Balaban J connectivity index is 2.94. The van der Waals surface area contributed by atoms with Crippen molar-refractivity contribution in [3.63, 3.8) is 0 Å². The summed E-state index contributed by atoms with van der Waals surface area (Å²) in [7, 11) is 0. The molecule has 156 valence electrons. The minimum absolute atomic E-state index is 0.0751. The maximum absolute atomic E-state index is 12.8. The van der Waals surface area contributed by atoms with Crippen molar-refractivity contribution < 1.29 is 24.3 Å². The Bertz CT molecular complexity index is 676. The third kappa shape index (κ3) is 7.35. The molecule has 0 spiro atoms. The van der Waals surface area contributed by atoms with Gasteiger partial charge in [-0.05, 0) is 12.8 Å². The molecular weight excluding hydrogens is 368 g/mol. The summed E-state index contributed by atoms with van der Waals surface area (Å²) in [5, 5.41) is 16.2. The predicted molar refractivity (Wildman–Crippen MR) is 99.9 cm³/mol. The largest absolute Gasteiger partial charge is 0.480 e. The van der Waals surface area contributed by atoms with E-state index in [0.29, 0.717) is 12.1 Å². The smallest absolute Gasteiger partial charge is 0.322 e. The number of nitrogens with zero attached hydrogens (tertiary/aromatic N) is 1. The Hall–Kier alpha value is -2.95. The fourth-order valence-corrected chi connectivity index (χ4v) is 2.36. The first kappa shape index (κ1) is 23.1. The number of hydrogen-bond acceptors (Lipinski definition) is 6. The normalized spacial score (nSPS) is 15.0. The van der Waals surface area contributed by atoms with E-state index in [0.717, 1.165) is 0 Å². The van der Waals surface area contributed by atoms with Crippen LogP contribution in [0.4, 0.5) is 0 Å². The van der Waals surface area contributed by atoms with Crippen LogP contribution >= 0.6 is 0 Å². The van der Waals surface area contributed by atoms with E-state index >= 15 is 0 Å². The van der Waals surface area contributed by atoms with Crippen molar-refractivity contribution in [3.05, 3.63) is 18.2 Å². The minimum atomic E-state index is -1.21. The number of H-pyrrole nitrogens is 1. The number of amides is 3. The number of aromatic nitrogens is 2. The summed E-state index contributed by atoms with van der Waals surface area (Å²) in [6.45, 7) is 4.58. The van der Waals surface area contributed by atoms with Crippen molar-refractivity contribution in [2.75, 3.05) is 6.54 Å². The number of carbonyl (C=O) groups is 4. The number of aliphatic carboxylic acids is 1. The summed E-state index contributed by atoms with van der Waals surface area (Å²) in [6, 6.07) is -2.73. The number of carboxylic acid groups (broad SMARTS) is 1. The summed E-state index contributed by atoms with van der Waals surface area (Å²) in [4.78, 5) is 54.5. The van der Waals surface area contributed by atoms with Gasteiger partial charge in [0.15, 0.2) is 0 Å². The zero-order chi connectivity index (χ0) is 21.3. The Morgan fingerprint density at radius 1 is 1.18 bits per heavy atom. The molecule has 1 rings (SSSR count). The van der Waals surface area contributed by atoms with Gasteiger partial charge >= 0.3 is 5.97 Å². The highest BCUT2D eigenvalue weighted by atomic mass is 16.4. The van der Waals surface area contributed by atoms with E-state index in [1.54, 1.807) is 6.92 Å². The van der Waals surface area contributed by atoms with Crippen LogP contribution in [0, 0.1) is 5.92 Å². The molecule has 1 aromatic heterocycles. The molecule has 7 N–H and O–H groups in total. The van der Waals surface area contributed by atoms with Crippen molar-refractivity contribution in [1.82, 2.24) is 25.9 Å². The van der Waals surface area contributed by atoms with Crippen LogP contribution in [0.3, 0.4) is 0 Å². The number of carboxylic acids is 1. The lowest BCUT2D eigenvalue weighted by Gasteiger charge is -2.26. The molecule has 0 saturated carbocycles. The summed E-state index contributed by atoms with van der Waals surface area (Å²) in [6.07, 6.45) is 3.60. The third-order valence-electron chi connectivity index (χ3n) is 4.23. The molecular formula is C17H28N6O5. The highest BCUT2D eigenvalue weighted by Gasteiger charge is 2.30. The van der Waals surface area contributed by atoms with Crippen LogP contribution in [0.2, 0.25) is 0 Å². The number of rotatable bonds is 11. The Morgan fingerprint density at radius 3 is 2.36 bits per heavy atom. The molecule has 0 aliphatic carbocycles. The first-order chi connectivity index (χ1) is 13.1. The second-order valence-electron chi connectivity index (χ2n) is 6.61. The number of nitrogens with two attached hydrogens (primary N) is 1. The molecule has 0 fully saturated rings. The highest BCUT2D eigenvalue weighted by molar-refractivity contribution is 5.93. The number of hydrogen-bond donors (Lipinski definition) is 6. The quantitative estimate of drug-likeness (QED) is 0.264. The van der Waals surface area contributed by atoms with Crippen LogP contribution in [0.1, 0.15) is 32.9 Å². The van der Waals surface area contributed by atoms with Gasteiger partial charge in [-0.1, -0.05) is 20.3 Å². The topological polar surface area (TPSA) is 179 Å². The lowest BCUT2D eigenvalue weighted by molar-refractivity contribution is -0.138. The van der Waals surface area contributed by atoms with Gasteiger partial charge in [0.25, 0.3) is 0 Å². The highest BCUT2D eigenvalue weighted by Crippen LogP contribution is 2.09. The zero-order valence-corrected chi connectivity index (χ0v) is 16.2. The van der Waals surface area contributed by atoms with Gasteiger partial charge < -0.3 is 31.8 Å². The molecule has 1 aromatic rings. The first-order valence-corrected chi connectivity index (χ1v) is 8.98. The first-order valence-electron chi connectivity index (χ1n) is 8.98. The SMILES string of the molecule is CCC(C)C(NC(=O)C(C)N)C(=O)NC(Cc1cnc[nH]1)C(=O)NCC(=O)O. The molecule has 0 radical (unpaired) electrons. The van der Waals surface area contributed by atoms with Crippen molar-refractivity contribution in [2.24, 2.45) is 11.7 Å². The predicted octanol–water partition coefficient (Wildman–Crippen LogP) is -1.48. The summed E-state index contributed by atoms with van der Waals surface area (Å²) in [5.74, 6) is -3.12. The number of nitrogens with one attached hydrogen (secondary N) is 4.